The molecule has 1 saturated heterocycles. The van der Waals surface area contributed by atoms with Crippen molar-refractivity contribution in [2.45, 2.75) is 38.3 Å². The molecule has 108 valence electrons. The van der Waals surface area contributed by atoms with E-state index in [1.807, 2.05) is 18.2 Å². The van der Waals surface area contributed by atoms with Crippen LogP contribution in [0.4, 0.5) is 0 Å². The molecule has 5 nitrogen and oxygen atoms in total. The molecule has 0 radical (unpaired) electrons. The van der Waals surface area contributed by atoms with E-state index in [9.17, 15) is 9.59 Å². The molecule has 0 saturated carbocycles. The zero-order chi connectivity index (χ0) is 14.4. The molecule has 1 aromatic carbocycles. The van der Waals surface area contributed by atoms with Gasteiger partial charge in [0.1, 0.15) is 11.8 Å². The summed E-state index contributed by atoms with van der Waals surface area (Å²) in [7, 11) is 0. The molecule has 0 aromatic heterocycles. The van der Waals surface area contributed by atoms with E-state index in [1.165, 1.54) is 0 Å². The molecule has 2 rings (SSSR count). The van der Waals surface area contributed by atoms with Crippen LogP contribution >= 0.6 is 0 Å². The van der Waals surface area contributed by atoms with Gasteiger partial charge in [-0.05, 0) is 38.3 Å². The Balaban J connectivity index is 1.88. The monoisotopic (exact) mass is 276 g/mol. The van der Waals surface area contributed by atoms with Crippen LogP contribution < -0.4 is 15.4 Å². The van der Waals surface area contributed by atoms with E-state index < -0.39 is 12.1 Å². The summed E-state index contributed by atoms with van der Waals surface area (Å²) in [6.45, 7) is 2.36. The second kappa shape index (κ2) is 6.93. The standard InChI is InChI=1S/C15H20N2O3/c1-11(20-12-7-3-2-4-8-12)14(18)17-13-9-5-6-10-16-15(13)19/h2-4,7-8,11,13H,5-6,9-10H2,1H3,(H,16,19)(H,17,18). The fourth-order valence-electron chi connectivity index (χ4n) is 2.12. The Hall–Kier alpha value is -2.04. The maximum atomic E-state index is 12.1. The van der Waals surface area contributed by atoms with Gasteiger partial charge < -0.3 is 15.4 Å². The number of benzene rings is 1. The van der Waals surface area contributed by atoms with Crippen LogP contribution in [0.1, 0.15) is 26.2 Å². The highest BCUT2D eigenvalue weighted by atomic mass is 16.5. The predicted octanol–water partition coefficient (Wildman–Crippen LogP) is 1.24. The minimum Gasteiger partial charge on any atom is -0.481 e. The van der Waals surface area contributed by atoms with Gasteiger partial charge in [0.2, 0.25) is 5.91 Å². The van der Waals surface area contributed by atoms with Gasteiger partial charge in [0.05, 0.1) is 0 Å². The molecule has 1 fully saturated rings. The highest BCUT2D eigenvalue weighted by molar-refractivity contribution is 5.89. The minimum atomic E-state index is -0.631. The fourth-order valence-corrected chi connectivity index (χ4v) is 2.12. The lowest BCUT2D eigenvalue weighted by Crippen LogP contribution is -2.49. The first kappa shape index (κ1) is 14.4. The maximum Gasteiger partial charge on any atom is 0.261 e. The van der Waals surface area contributed by atoms with Gasteiger partial charge in [0, 0.05) is 6.54 Å². The van der Waals surface area contributed by atoms with Crippen LogP contribution in [0.3, 0.4) is 0 Å². The number of hydrogen-bond acceptors (Lipinski definition) is 3. The average Bonchev–Trinajstić information content (AvgIpc) is 2.65. The van der Waals surface area contributed by atoms with Crippen molar-refractivity contribution in [2.24, 2.45) is 0 Å². The molecule has 20 heavy (non-hydrogen) atoms. The Morgan fingerprint density at radius 1 is 1.35 bits per heavy atom. The van der Waals surface area contributed by atoms with E-state index in [0.717, 1.165) is 12.8 Å². The number of ether oxygens (including phenoxy) is 1. The molecule has 1 aliphatic heterocycles. The van der Waals surface area contributed by atoms with Crippen molar-refractivity contribution in [1.29, 1.82) is 0 Å². The summed E-state index contributed by atoms with van der Waals surface area (Å²) in [4.78, 5) is 23.8. The van der Waals surface area contributed by atoms with Crippen molar-refractivity contribution in [3.05, 3.63) is 30.3 Å². The number of nitrogens with one attached hydrogen (secondary N) is 2. The molecule has 2 atom stereocenters. The zero-order valence-corrected chi connectivity index (χ0v) is 11.6. The van der Waals surface area contributed by atoms with E-state index in [4.69, 9.17) is 4.74 Å². The Kier molecular flexibility index (Phi) is 4.98. The zero-order valence-electron chi connectivity index (χ0n) is 11.6. The molecule has 1 heterocycles. The smallest absolute Gasteiger partial charge is 0.261 e. The van der Waals surface area contributed by atoms with Gasteiger partial charge in [0.15, 0.2) is 6.10 Å². The van der Waals surface area contributed by atoms with Crippen LogP contribution in [-0.4, -0.2) is 30.5 Å². The minimum absolute atomic E-state index is 0.109. The van der Waals surface area contributed by atoms with E-state index in [1.54, 1.807) is 19.1 Å². The number of para-hydroxylation sites is 1. The number of carbonyl (C=O) groups excluding carboxylic acids is 2. The van der Waals surface area contributed by atoms with Gasteiger partial charge in [-0.2, -0.15) is 0 Å². The number of amides is 2. The van der Waals surface area contributed by atoms with Gasteiger partial charge >= 0.3 is 0 Å². The summed E-state index contributed by atoms with van der Waals surface area (Å²) in [5, 5.41) is 5.55. The van der Waals surface area contributed by atoms with E-state index in [-0.39, 0.29) is 11.8 Å². The van der Waals surface area contributed by atoms with Crippen LogP contribution in [0.15, 0.2) is 30.3 Å². The quantitative estimate of drug-likeness (QED) is 0.869. The first-order chi connectivity index (χ1) is 9.66. The molecule has 0 bridgehead atoms. The number of rotatable bonds is 4. The van der Waals surface area contributed by atoms with E-state index >= 15 is 0 Å². The van der Waals surface area contributed by atoms with Crippen molar-refractivity contribution < 1.29 is 14.3 Å². The van der Waals surface area contributed by atoms with Crippen LogP contribution in [0, 0.1) is 0 Å². The normalized spacial score (nSPS) is 20.4. The van der Waals surface area contributed by atoms with Gasteiger partial charge in [-0.1, -0.05) is 18.2 Å². The topological polar surface area (TPSA) is 67.4 Å². The van der Waals surface area contributed by atoms with Crippen molar-refractivity contribution in [3.63, 3.8) is 0 Å². The number of carbonyl (C=O) groups is 2. The molecule has 2 amide bonds. The molecule has 5 heteroatoms. The highest BCUT2D eigenvalue weighted by Gasteiger charge is 2.25. The van der Waals surface area contributed by atoms with Gasteiger partial charge in [-0.25, -0.2) is 0 Å². The largest absolute Gasteiger partial charge is 0.481 e. The van der Waals surface area contributed by atoms with Crippen LogP contribution in [-0.2, 0) is 9.59 Å². The van der Waals surface area contributed by atoms with Crippen LogP contribution in [0.5, 0.6) is 5.75 Å². The molecular formula is C15H20N2O3. The van der Waals surface area contributed by atoms with Crippen molar-refractivity contribution in [3.8, 4) is 5.75 Å². The second-order valence-corrected chi connectivity index (χ2v) is 4.92. The van der Waals surface area contributed by atoms with E-state index in [2.05, 4.69) is 10.6 Å². The average molecular weight is 276 g/mol. The van der Waals surface area contributed by atoms with E-state index in [0.29, 0.717) is 18.7 Å². The maximum absolute atomic E-state index is 12.1. The molecule has 2 N–H and O–H groups in total. The highest BCUT2D eigenvalue weighted by Crippen LogP contribution is 2.11. The molecule has 0 aliphatic carbocycles. The summed E-state index contributed by atoms with van der Waals surface area (Å²) < 4.78 is 5.54. The fraction of sp³-hybridized carbons (Fsp3) is 0.467. The Morgan fingerprint density at radius 2 is 2.10 bits per heavy atom. The first-order valence-electron chi connectivity index (χ1n) is 6.96. The number of hydrogen-bond donors (Lipinski definition) is 2. The third kappa shape index (κ3) is 3.98. The lowest BCUT2D eigenvalue weighted by molar-refractivity contribution is -0.132. The third-order valence-electron chi connectivity index (χ3n) is 3.28. The van der Waals surface area contributed by atoms with Gasteiger partial charge in [0.25, 0.3) is 5.91 Å². The van der Waals surface area contributed by atoms with Gasteiger partial charge in [-0.3, -0.25) is 9.59 Å². The summed E-state index contributed by atoms with van der Waals surface area (Å²) in [6.07, 6.45) is 1.93. The second-order valence-electron chi connectivity index (χ2n) is 4.92. The molecule has 1 aliphatic rings. The van der Waals surface area contributed by atoms with Gasteiger partial charge in [-0.15, -0.1) is 0 Å². The summed E-state index contributed by atoms with van der Waals surface area (Å²) in [5.74, 6) is 0.263. The Bertz CT molecular complexity index is 461. The lowest BCUT2D eigenvalue weighted by Gasteiger charge is -2.19. The van der Waals surface area contributed by atoms with Crippen molar-refractivity contribution >= 4 is 11.8 Å². The first-order valence-corrected chi connectivity index (χ1v) is 6.96. The lowest BCUT2D eigenvalue weighted by atomic mass is 10.1. The molecule has 0 spiro atoms. The Labute approximate surface area is 118 Å². The van der Waals surface area contributed by atoms with Crippen LogP contribution in [0.25, 0.3) is 0 Å². The summed E-state index contributed by atoms with van der Waals surface area (Å²) >= 11 is 0. The van der Waals surface area contributed by atoms with Crippen LogP contribution in [0.2, 0.25) is 0 Å². The molecular weight excluding hydrogens is 256 g/mol. The predicted molar refractivity (Wildman–Crippen MR) is 75.3 cm³/mol. The third-order valence-corrected chi connectivity index (χ3v) is 3.28. The molecule has 1 aromatic rings. The van der Waals surface area contributed by atoms with Crippen molar-refractivity contribution in [2.75, 3.05) is 6.54 Å². The summed E-state index contributed by atoms with van der Waals surface area (Å²) in [5.41, 5.74) is 0. The molecule has 2 unspecified atom stereocenters. The van der Waals surface area contributed by atoms with Crippen molar-refractivity contribution in [1.82, 2.24) is 10.6 Å². The Morgan fingerprint density at radius 3 is 2.85 bits per heavy atom. The summed E-state index contributed by atoms with van der Waals surface area (Å²) in [6, 6.07) is 8.71. The SMILES string of the molecule is CC(Oc1ccccc1)C(=O)NC1CCCCNC1=O.